The highest BCUT2D eigenvalue weighted by Crippen LogP contribution is 2.44. The van der Waals surface area contributed by atoms with Crippen LogP contribution in [0, 0.1) is 0 Å². The molecule has 0 radical (unpaired) electrons. The molecule has 3 amide bonds. The first kappa shape index (κ1) is 19.6. The van der Waals surface area contributed by atoms with Gasteiger partial charge in [-0.05, 0) is 43.3 Å². The van der Waals surface area contributed by atoms with Crippen molar-refractivity contribution in [3.05, 3.63) is 59.7 Å². The van der Waals surface area contributed by atoms with Crippen LogP contribution in [0.25, 0.3) is 0 Å². The van der Waals surface area contributed by atoms with Crippen molar-refractivity contribution in [1.29, 1.82) is 0 Å². The van der Waals surface area contributed by atoms with Crippen LogP contribution in [0.1, 0.15) is 40.5 Å². The minimum atomic E-state index is -1.43. The summed E-state index contributed by atoms with van der Waals surface area (Å²) in [5.41, 5.74) is 0.219. The topological polar surface area (TPSA) is 96.0 Å². The first-order chi connectivity index (χ1) is 14.4. The average Bonchev–Trinajstić information content (AvgIpc) is 3.12. The smallest absolute Gasteiger partial charge is 0.337 e. The van der Waals surface area contributed by atoms with Crippen molar-refractivity contribution in [1.82, 2.24) is 4.90 Å². The molecule has 0 bridgehead atoms. The van der Waals surface area contributed by atoms with Gasteiger partial charge in [0.15, 0.2) is 0 Å². The van der Waals surface area contributed by atoms with Crippen LogP contribution in [-0.2, 0) is 14.3 Å². The highest BCUT2D eigenvalue weighted by Gasteiger charge is 2.60. The molecule has 0 aliphatic carbocycles. The lowest BCUT2D eigenvalue weighted by Crippen LogP contribution is -2.69. The summed E-state index contributed by atoms with van der Waals surface area (Å²) < 4.78 is 4.68. The molecule has 0 spiro atoms. The van der Waals surface area contributed by atoms with Crippen molar-refractivity contribution in [2.75, 3.05) is 23.9 Å². The maximum absolute atomic E-state index is 13.5. The Labute approximate surface area is 173 Å². The summed E-state index contributed by atoms with van der Waals surface area (Å²) in [6.45, 7) is 2.05. The van der Waals surface area contributed by atoms with Gasteiger partial charge in [-0.3, -0.25) is 19.3 Å². The number of anilines is 2. The fourth-order valence-corrected chi connectivity index (χ4v) is 4.24. The number of esters is 1. The second-order valence-electron chi connectivity index (χ2n) is 7.14. The van der Waals surface area contributed by atoms with Gasteiger partial charge in [0.05, 0.1) is 23.9 Å². The molecule has 1 atom stereocenters. The van der Waals surface area contributed by atoms with E-state index in [0.29, 0.717) is 22.5 Å². The third-order valence-corrected chi connectivity index (χ3v) is 5.62. The largest absolute Gasteiger partial charge is 0.465 e. The van der Waals surface area contributed by atoms with Gasteiger partial charge >= 0.3 is 5.97 Å². The number of hydrogen-bond acceptors (Lipinski definition) is 5. The normalized spacial score (nSPS) is 19.9. The number of methoxy groups -OCH3 is 1. The van der Waals surface area contributed by atoms with Crippen LogP contribution in [0.5, 0.6) is 0 Å². The van der Waals surface area contributed by atoms with E-state index in [4.69, 9.17) is 0 Å². The molecule has 2 aliphatic rings. The molecule has 1 saturated heterocycles. The summed E-state index contributed by atoms with van der Waals surface area (Å²) in [5, 5.41) is 2.82. The first-order valence-corrected chi connectivity index (χ1v) is 9.68. The number of nitrogens with one attached hydrogen (secondary N) is 1. The standard InChI is InChI=1S/C22H21N3O5/c1-3-24-19(27)16-6-4-5-7-17(16)25-18(26)12-13-22(24,25)21(29)23-15-10-8-14(9-11-15)20(28)30-2/h4-11H,3,12-13H2,1-2H3,(H,23,29). The number of carbonyl (C=O) groups excluding carboxylic acids is 4. The quantitative estimate of drug-likeness (QED) is 0.786. The summed E-state index contributed by atoms with van der Waals surface area (Å²) >= 11 is 0. The molecule has 1 unspecified atom stereocenters. The van der Waals surface area contributed by atoms with Gasteiger partial charge in [0, 0.05) is 25.1 Å². The zero-order valence-electron chi connectivity index (χ0n) is 16.7. The van der Waals surface area contributed by atoms with Gasteiger partial charge < -0.3 is 15.0 Å². The molecule has 1 fully saturated rings. The van der Waals surface area contributed by atoms with E-state index in [2.05, 4.69) is 10.1 Å². The Bertz CT molecular complexity index is 1050. The number of para-hydroxylation sites is 1. The van der Waals surface area contributed by atoms with Crippen molar-refractivity contribution in [3.8, 4) is 0 Å². The van der Waals surface area contributed by atoms with Crippen LogP contribution in [0.2, 0.25) is 0 Å². The molecule has 0 saturated carbocycles. The number of nitrogens with zero attached hydrogens (tertiary/aromatic N) is 2. The monoisotopic (exact) mass is 407 g/mol. The fraction of sp³-hybridized carbons (Fsp3) is 0.273. The van der Waals surface area contributed by atoms with Crippen molar-refractivity contribution in [2.45, 2.75) is 25.4 Å². The van der Waals surface area contributed by atoms with Crippen molar-refractivity contribution in [3.63, 3.8) is 0 Å². The van der Waals surface area contributed by atoms with Gasteiger partial charge in [-0.1, -0.05) is 12.1 Å². The molecule has 0 aromatic heterocycles. The second-order valence-corrected chi connectivity index (χ2v) is 7.14. The van der Waals surface area contributed by atoms with E-state index in [1.165, 1.54) is 29.0 Å². The van der Waals surface area contributed by atoms with Crippen LogP contribution in [0.3, 0.4) is 0 Å². The highest BCUT2D eigenvalue weighted by atomic mass is 16.5. The molecule has 1 N–H and O–H groups in total. The van der Waals surface area contributed by atoms with E-state index in [0.717, 1.165) is 0 Å². The first-order valence-electron chi connectivity index (χ1n) is 9.68. The van der Waals surface area contributed by atoms with Gasteiger partial charge in [-0.2, -0.15) is 0 Å². The zero-order chi connectivity index (χ0) is 21.5. The third kappa shape index (κ3) is 2.75. The number of benzene rings is 2. The summed E-state index contributed by atoms with van der Waals surface area (Å²) in [7, 11) is 1.29. The Hall–Kier alpha value is -3.68. The average molecular weight is 407 g/mol. The van der Waals surface area contributed by atoms with Crippen LogP contribution in [0.4, 0.5) is 11.4 Å². The van der Waals surface area contributed by atoms with Crippen molar-refractivity contribution >= 4 is 35.1 Å². The molecule has 2 heterocycles. The van der Waals surface area contributed by atoms with Gasteiger partial charge in [0.2, 0.25) is 11.6 Å². The molecule has 2 aliphatic heterocycles. The second kappa shape index (κ2) is 7.29. The van der Waals surface area contributed by atoms with E-state index in [-0.39, 0.29) is 31.2 Å². The minimum Gasteiger partial charge on any atom is -0.465 e. The fourth-order valence-electron chi connectivity index (χ4n) is 4.24. The minimum absolute atomic E-state index is 0.160. The number of likely N-dealkylation sites (N-methyl/N-ethyl adjacent to an activating group) is 1. The molecular formula is C22H21N3O5. The van der Waals surface area contributed by atoms with Crippen molar-refractivity contribution in [2.24, 2.45) is 0 Å². The lowest BCUT2D eigenvalue weighted by molar-refractivity contribution is -0.128. The molecule has 8 heteroatoms. The Morgan fingerprint density at radius 3 is 2.47 bits per heavy atom. The number of fused-ring (bicyclic) bond motifs is 3. The number of ether oxygens (including phenoxy) is 1. The predicted molar refractivity (Wildman–Crippen MR) is 109 cm³/mol. The third-order valence-electron chi connectivity index (χ3n) is 5.62. The lowest BCUT2D eigenvalue weighted by atomic mass is 9.95. The zero-order valence-corrected chi connectivity index (χ0v) is 16.7. The van der Waals surface area contributed by atoms with Crippen LogP contribution < -0.4 is 10.2 Å². The Morgan fingerprint density at radius 2 is 1.80 bits per heavy atom. The van der Waals surface area contributed by atoms with Crippen LogP contribution in [0.15, 0.2) is 48.5 Å². The Balaban J connectivity index is 1.73. The maximum atomic E-state index is 13.5. The number of carbonyl (C=O) groups is 4. The maximum Gasteiger partial charge on any atom is 0.337 e. The lowest BCUT2D eigenvalue weighted by Gasteiger charge is -2.48. The molecule has 2 aromatic carbocycles. The summed E-state index contributed by atoms with van der Waals surface area (Å²) in [4.78, 5) is 54.0. The van der Waals surface area contributed by atoms with E-state index >= 15 is 0 Å². The number of amides is 3. The summed E-state index contributed by atoms with van der Waals surface area (Å²) in [6.07, 6.45) is 0.360. The Morgan fingerprint density at radius 1 is 1.10 bits per heavy atom. The van der Waals surface area contributed by atoms with E-state index in [1.807, 2.05) is 0 Å². The number of rotatable bonds is 4. The Kier molecular flexibility index (Phi) is 4.77. The molecule has 30 heavy (non-hydrogen) atoms. The van der Waals surface area contributed by atoms with E-state index < -0.39 is 17.5 Å². The van der Waals surface area contributed by atoms with Crippen LogP contribution >= 0.6 is 0 Å². The molecular weight excluding hydrogens is 386 g/mol. The molecule has 2 aromatic rings. The highest BCUT2D eigenvalue weighted by molar-refractivity contribution is 6.18. The van der Waals surface area contributed by atoms with Gasteiger partial charge in [0.1, 0.15) is 0 Å². The van der Waals surface area contributed by atoms with Crippen LogP contribution in [-0.4, -0.2) is 47.9 Å². The van der Waals surface area contributed by atoms with Gasteiger partial charge in [-0.15, -0.1) is 0 Å². The molecule has 154 valence electrons. The predicted octanol–water partition coefficient (Wildman–Crippen LogP) is 2.41. The van der Waals surface area contributed by atoms with E-state index in [9.17, 15) is 19.2 Å². The van der Waals surface area contributed by atoms with Crippen molar-refractivity contribution < 1.29 is 23.9 Å². The van der Waals surface area contributed by atoms with Gasteiger partial charge in [0.25, 0.3) is 11.8 Å². The molecule has 8 nitrogen and oxygen atoms in total. The summed E-state index contributed by atoms with van der Waals surface area (Å²) in [5.74, 6) is -1.44. The van der Waals surface area contributed by atoms with E-state index in [1.54, 1.807) is 43.3 Å². The van der Waals surface area contributed by atoms with Gasteiger partial charge in [-0.25, -0.2) is 4.79 Å². The SMILES string of the molecule is CCN1C(=O)c2ccccc2N2C(=O)CCC12C(=O)Nc1ccc(C(=O)OC)cc1. The number of hydrogen-bond donors (Lipinski definition) is 1. The summed E-state index contributed by atoms with van der Waals surface area (Å²) in [6, 6.07) is 13.1. The molecule has 4 rings (SSSR count).